The summed E-state index contributed by atoms with van der Waals surface area (Å²) in [5.74, 6) is -0.229. The minimum Gasteiger partial charge on any atom is -0.497 e. The van der Waals surface area contributed by atoms with Gasteiger partial charge in [-0.2, -0.15) is 0 Å². The molecule has 1 aliphatic rings. The fourth-order valence-corrected chi connectivity index (χ4v) is 5.58. The zero-order valence-electron chi connectivity index (χ0n) is 24.9. The van der Waals surface area contributed by atoms with Crippen LogP contribution in [-0.2, 0) is 25.5 Å². The summed E-state index contributed by atoms with van der Waals surface area (Å²) >= 11 is 6.01. The molecule has 1 aliphatic carbocycles. The SMILES string of the molecule is COc1ccc2c(c1)c(CC(=O)NCCCCNC(=O)CCC(=O)OC1CCCCC1)c(C)n2C(=O)c1ccc(Cl)cc1. The van der Waals surface area contributed by atoms with Gasteiger partial charge in [-0.3, -0.25) is 23.7 Å². The lowest BCUT2D eigenvalue weighted by Crippen LogP contribution is -2.29. The first-order valence-electron chi connectivity index (χ1n) is 15.0. The van der Waals surface area contributed by atoms with Crippen molar-refractivity contribution in [2.75, 3.05) is 20.2 Å². The number of amides is 2. The molecule has 0 saturated heterocycles. The van der Waals surface area contributed by atoms with Gasteiger partial charge in [-0.15, -0.1) is 0 Å². The first-order valence-corrected chi connectivity index (χ1v) is 15.4. The highest BCUT2D eigenvalue weighted by Crippen LogP contribution is 2.31. The number of hydrogen-bond acceptors (Lipinski definition) is 6. The molecule has 10 heteroatoms. The summed E-state index contributed by atoms with van der Waals surface area (Å²) in [6.45, 7) is 2.75. The average Bonchev–Trinajstić information content (AvgIpc) is 3.28. The molecule has 0 bridgehead atoms. The fraction of sp³-hybridized carbons (Fsp3) is 0.455. The van der Waals surface area contributed by atoms with Crippen molar-refractivity contribution < 1.29 is 28.7 Å². The minimum atomic E-state index is -0.309. The van der Waals surface area contributed by atoms with Crippen LogP contribution < -0.4 is 15.4 Å². The number of esters is 1. The monoisotopic (exact) mass is 609 g/mol. The third kappa shape index (κ3) is 8.83. The van der Waals surface area contributed by atoms with E-state index >= 15 is 0 Å². The lowest BCUT2D eigenvalue weighted by Gasteiger charge is -2.21. The number of carbonyl (C=O) groups is 4. The molecule has 43 heavy (non-hydrogen) atoms. The van der Waals surface area contributed by atoms with Crippen molar-refractivity contribution in [2.24, 2.45) is 0 Å². The second-order valence-corrected chi connectivity index (χ2v) is 11.4. The van der Waals surface area contributed by atoms with Crippen molar-refractivity contribution in [2.45, 2.75) is 77.2 Å². The third-order valence-corrected chi connectivity index (χ3v) is 8.08. The molecular formula is C33H40ClN3O6. The van der Waals surface area contributed by atoms with E-state index in [0.717, 1.165) is 36.6 Å². The smallest absolute Gasteiger partial charge is 0.306 e. The van der Waals surface area contributed by atoms with E-state index in [1.54, 1.807) is 42.0 Å². The van der Waals surface area contributed by atoms with Crippen LogP contribution in [0.3, 0.4) is 0 Å². The maximum Gasteiger partial charge on any atom is 0.306 e. The fourth-order valence-electron chi connectivity index (χ4n) is 5.46. The van der Waals surface area contributed by atoms with Crippen molar-refractivity contribution in [3.63, 3.8) is 0 Å². The molecule has 0 aliphatic heterocycles. The number of aromatic nitrogens is 1. The quantitative estimate of drug-likeness (QED) is 0.195. The number of rotatable bonds is 13. The molecule has 230 valence electrons. The summed E-state index contributed by atoms with van der Waals surface area (Å²) in [6, 6.07) is 12.2. The van der Waals surface area contributed by atoms with Crippen LogP contribution in [0.15, 0.2) is 42.5 Å². The van der Waals surface area contributed by atoms with Crippen molar-refractivity contribution in [3.8, 4) is 5.75 Å². The molecule has 0 atom stereocenters. The molecule has 2 aromatic carbocycles. The van der Waals surface area contributed by atoms with E-state index in [0.29, 0.717) is 53.5 Å². The lowest BCUT2D eigenvalue weighted by molar-refractivity contribution is -0.151. The van der Waals surface area contributed by atoms with Gasteiger partial charge in [-0.25, -0.2) is 0 Å². The van der Waals surface area contributed by atoms with Crippen LogP contribution in [-0.4, -0.2) is 54.6 Å². The van der Waals surface area contributed by atoms with Crippen LogP contribution in [0.25, 0.3) is 10.9 Å². The maximum atomic E-state index is 13.5. The predicted octanol–water partition coefficient (Wildman–Crippen LogP) is 5.51. The largest absolute Gasteiger partial charge is 0.497 e. The Hall–Kier alpha value is -3.85. The maximum absolute atomic E-state index is 13.5. The number of ether oxygens (including phenoxy) is 2. The molecule has 2 N–H and O–H groups in total. The van der Waals surface area contributed by atoms with Gasteiger partial charge in [0.05, 0.1) is 25.5 Å². The standard InChI is InChI=1S/C33H40ClN3O6/c1-22-27(28-20-26(42-2)14-15-29(28)37(22)33(41)23-10-12-24(34)13-11-23)21-31(39)36-19-7-6-18-35-30(38)16-17-32(40)43-25-8-4-3-5-9-25/h10-15,20,25H,3-9,16-19,21H2,1-2H3,(H,35,38)(H,36,39). The highest BCUT2D eigenvalue weighted by molar-refractivity contribution is 6.30. The van der Waals surface area contributed by atoms with Crippen LogP contribution in [0.2, 0.25) is 5.02 Å². The van der Waals surface area contributed by atoms with E-state index in [-0.39, 0.29) is 49.1 Å². The second kappa shape index (κ2) is 15.6. The Morgan fingerprint density at radius 3 is 2.26 bits per heavy atom. The van der Waals surface area contributed by atoms with E-state index in [4.69, 9.17) is 21.1 Å². The first-order chi connectivity index (χ1) is 20.8. The number of nitrogens with zero attached hydrogens (tertiary/aromatic N) is 1. The molecule has 0 spiro atoms. The predicted molar refractivity (Wildman–Crippen MR) is 166 cm³/mol. The van der Waals surface area contributed by atoms with Crippen LogP contribution in [0.5, 0.6) is 5.75 Å². The Morgan fingerprint density at radius 1 is 0.907 bits per heavy atom. The number of nitrogens with one attached hydrogen (secondary N) is 2. The molecule has 0 unspecified atom stereocenters. The van der Waals surface area contributed by atoms with Gasteiger partial charge >= 0.3 is 5.97 Å². The number of benzene rings is 2. The molecule has 0 radical (unpaired) electrons. The van der Waals surface area contributed by atoms with Gasteiger partial charge in [-0.1, -0.05) is 18.0 Å². The Morgan fingerprint density at radius 2 is 1.58 bits per heavy atom. The lowest BCUT2D eigenvalue weighted by atomic mass is 9.98. The molecule has 3 aromatic rings. The van der Waals surface area contributed by atoms with Crippen molar-refractivity contribution in [1.82, 2.24) is 15.2 Å². The Bertz CT molecular complexity index is 1440. The highest BCUT2D eigenvalue weighted by atomic mass is 35.5. The molecule has 1 fully saturated rings. The van der Waals surface area contributed by atoms with Gasteiger partial charge in [-0.05, 0) is 93.5 Å². The topological polar surface area (TPSA) is 116 Å². The van der Waals surface area contributed by atoms with Crippen molar-refractivity contribution in [3.05, 3.63) is 64.3 Å². The number of halogens is 1. The number of carbonyl (C=O) groups excluding carboxylic acids is 4. The molecule has 1 aromatic heterocycles. The van der Waals surface area contributed by atoms with E-state index < -0.39 is 0 Å². The summed E-state index contributed by atoms with van der Waals surface area (Å²) < 4.78 is 12.5. The summed E-state index contributed by atoms with van der Waals surface area (Å²) in [5.41, 5.74) is 2.62. The van der Waals surface area contributed by atoms with Crippen LogP contribution in [0.1, 0.15) is 79.4 Å². The zero-order chi connectivity index (χ0) is 30.8. The third-order valence-electron chi connectivity index (χ3n) is 7.83. The molecule has 1 saturated carbocycles. The summed E-state index contributed by atoms with van der Waals surface area (Å²) in [6.07, 6.45) is 6.86. The second-order valence-electron chi connectivity index (χ2n) is 10.9. The molecule has 2 amide bonds. The van der Waals surface area contributed by atoms with Gasteiger partial charge < -0.3 is 20.1 Å². The molecular weight excluding hydrogens is 570 g/mol. The number of hydrogen-bond donors (Lipinski definition) is 2. The number of methoxy groups -OCH3 is 1. The number of unbranched alkanes of at least 4 members (excludes halogenated alkanes) is 1. The molecule has 4 rings (SSSR count). The zero-order valence-corrected chi connectivity index (χ0v) is 25.6. The summed E-state index contributed by atoms with van der Waals surface area (Å²) in [5, 5.41) is 7.09. The van der Waals surface area contributed by atoms with E-state index in [1.165, 1.54) is 6.42 Å². The van der Waals surface area contributed by atoms with E-state index in [1.807, 2.05) is 19.1 Å². The van der Waals surface area contributed by atoms with E-state index in [2.05, 4.69) is 10.6 Å². The van der Waals surface area contributed by atoms with Crippen molar-refractivity contribution >= 4 is 46.2 Å². The van der Waals surface area contributed by atoms with Gasteiger partial charge in [0.25, 0.3) is 5.91 Å². The molecule has 1 heterocycles. The molecule has 9 nitrogen and oxygen atoms in total. The number of fused-ring (bicyclic) bond motifs is 1. The average molecular weight is 610 g/mol. The van der Waals surface area contributed by atoms with Gasteiger partial charge in [0.15, 0.2) is 0 Å². The Kier molecular flexibility index (Phi) is 11.6. The Balaban J connectivity index is 1.24. The van der Waals surface area contributed by atoms with E-state index in [9.17, 15) is 19.2 Å². The minimum absolute atomic E-state index is 0.00163. The van der Waals surface area contributed by atoms with Gasteiger partial charge in [0, 0.05) is 41.2 Å². The Labute approximate surface area is 257 Å². The highest BCUT2D eigenvalue weighted by Gasteiger charge is 2.22. The van der Waals surface area contributed by atoms with Crippen LogP contribution in [0, 0.1) is 6.92 Å². The van der Waals surface area contributed by atoms with Crippen LogP contribution in [0.4, 0.5) is 0 Å². The van der Waals surface area contributed by atoms with Crippen LogP contribution >= 0.6 is 11.6 Å². The first kappa shape index (κ1) is 32.1. The van der Waals surface area contributed by atoms with Gasteiger partial charge in [0.1, 0.15) is 11.9 Å². The summed E-state index contributed by atoms with van der Waals surface area (Å²) in [4.78, 5) is 50.5. The van der Waals surface area contributed by atoms with Crippen molar-refractivity contribution in [1.29, 1.82) is 0 Å². The summed E-state index contributed by atoms with van der Waals surface area (Å²) in [7, 11) is 1.57. The van der Waals surface area contributed by atoms with Gasteiger partial charge in [0.2, 0.25) is 11.8 Å². The normalized spacial score (nSPS) is 13.5.